The third-order valence-electron chi connectivity index (χ3n) is 3.98. The van der Waals surface area contributed by atoms with Crippen molar-refractivity contribution in [2.24, 2.45) is 16.7 Å². The van der Waals surface area contributed by atoms with Gasteiger partial charge in [0, 0.05) is 6.54 Å². The summed E-state index contributed by atoms with van der Waals surface area (Å²) in [5.74, 6) is -0.375. The molecule has 0 bridgehead atoms. The average Bonchev–Trinajstić information content (AvgIpc) is 2.45. The van der Waals surface area contributed by atoms with Gasteiger partial charge in [-0.15, -0.1) is 0 Å². The van der Waals surface area contributed by atoms with Gasteiger partial charge in [0.15, 0.2) is 0 Å². The molecule has 0 rings (SSSR count). The summed E-state index contributed by atoms with van der Waals surface area (Å²) in [6.07, 6.45) is 1.65. The van der Waals surface area contributed by atoms with E-state index in [4.69, 9.17) is 9.84 Å². The van der Waals surface area contributed by atoms with Crippen LogP contribution in [0.4, 0.5) is 4.79 Å². The van der Waals surface area contributed by atoms with Gasteiger partial charge >= 0.3 is 12.0 Å². The topological polar surface area (TPSA) is 87.7 Å². The molecule has 0 heterocycles. The lowest BCUT2D eigenvalue weighted by atomic mass is 9.70. The summed E-state index contributed by atoms with van der Waals surface area (Å²) in [4.78, 5) is 23.8. The van der Waals surface area contributed by atoms with Gasteiger partial charge in [0.1, 0.15) is 6.61 Å². The molecule has 0 fully saturated rings. The summed E-state index contributed by atoms with van der Waals surface area (Å²) >= 11 is 0. The maximum Gasteiger partial charge on any atom is 0.314 e. The molecule has 6 nitrogen and oxygen atoms in total. The van der Waals surface area contributed by atoms with E-state index in [1.54, 1.807) is 0 Å². The molecule has 1 atom stereocenters. The standard InChI is InChI=1S/C17H34N2O4/c1-7-17(5,6)13(12-16(2,3)4)14(21)23-11-9-19-15(22)18-8-10-20/h13,20H,7-12H2,1-6H3,(H2,18,19,22). The zero-order chi connectivity index (χ0) is 18.1. The van der Waals surface area contributed by atoms with Crippen LogP contribution in [0.2, 0.25) is 0 Å². The van der Waals surface area contributed by atoms with Crippen molar-refractivity contribution in [2.75, 3.05) is 26.3 Å². The number of hydrogen-bond donors (Lipinski definition) is 3. The van der Waals surface area contributed by atoms with Crippen LogP contribution in [0.15, 0.2) is 0 Å². The first-order valence-corrected chi connectivity index (χ1v) is 8.32. The summed E-state index contributed by atoms with van der Waals surface area (Å²) < 4.78 is 5.36. The van der Waals surface area contributed by atoms with E-state index < -0.39 is 0 Å². The summed E-state index contributed by atoms with van der Waals surface area (Å²) in [7, 11) is 0. The van der Waals surface area contributed by atoms with Crippen LogP contribution in [0.1, 0.15) is 54.4 Å². The van der Waals surface area contributed by atoms with Crippen LogP contribution < -0.4 is 10.6 Å². The molecule has 0 aromatic rings. The molecule has 0 spiro atoms. The van der Waals surface area contributed by atoms with Crippen LogP contribution in [0.3, 0.4) is 0 Å². The number of esters is 1. The lowest BCUT2D eigenvalue weighted by Crippen LogP contribution is -2.40. The van der Waals surface area contributed by atoms with Gasteiger partial charge in [-0.05, 0) is 17.3 Å². The Kier molecular flexibility index (Phi) is 9.20. The Morgan fingerprint density at radius 2 is 1.65 bits per heavy atom. The molecule has 2 amide bonds. The predicted molar refractivity (Wildman–Crippen MR) is 91.1 cm³/mol. The van der Waals surface area contributed by atoms with Gasteiger partial charge in [-0.25, -0.2) is 4.79 Å². The number of amides is 2. The fourth-order valence-electron chi connectivity index (χ4n) is 2.19. The number of hydrogen-bond acceptors (Lipinski definition) is 4. The third kappa shape index (κ3) is 9.43. The molecule has 0 aromatic carbocycles. The smallest absolute Gasteiger partial charge is 0.314 e. The van der Waals surface area contributed by atoms with E-state index in [9.17, 15) is 9.59 Å². The van der Waals surface area contributed by atoms with Crippen molar-refractivity contribution in [1.82, 2.24) is 10.6 Å². The molecule has 0 saturated carbocycles. The number of carbonyl (C=O) groups excluding carboxylic acids is 2. The van der Waals surface area contributed by atoms with Crippen LogP contribution in [0.5, 0.6) is 0 Å². The SMILES string of the molecule is CCC(C)(C)C(CC(C)(C)C)C(=O)OCCNC(=O)NCCO. The molecule has 0 aliphatic heterocycles. The highest BCUT2D eigenvalue weighted by Crippen LogP contribution is 2.39. The van der Waals surface area contributed by atoms with E-state index in [1.165, 1.54) is 0 Å². The number of carbonyl (C=O) groups is 2. The van der Waals surface area contributed by atoms with Crippen molar-refractivity contribution in [3.8, 4) is 0 Å². The predicted octanol–water partition coefficient (Wildman–Crippen LogP) is 2.31. The largest absolute Gasteiger partial charge is 0.464 e. The van der Waals surface area contributed by atoms with E-state index >= 15 is 0 Å². The lowest BCUT2D eigenvalue weighted by molar-refractivity contribution is -0.154. The maximum absolute atomic E-state index is 12.5. The summed E-state index contributed by atoms with van der Waals surface area (Å²) in [6.45, 7) is 13.1. The Morgan fingerprint density at radius 3 is 2.13 bits per heavy atom. The monoisotopic (exact) mass is 330 g/mol. The van der Waals surface area contributed by atoms with Gasteiger partial charge in [0.05, 0.1) is 19.1 Å². The first-order chi connectivity index (χ1) is 10.5. The molecule has 136 valence electrons. The molecule has 3 N–H and O–H groups in total. The molecule has 0 aromatic heterocycles. The highest BCUT2D eigenvalue weighted by atomic mass is 16.5. The van der Waals surface area contributed by atoms with Crippen molar-refractivity contribution < 1.29 is 19.4 Å². The number of ether oxygens (including phenoxy) is 1. The molecular formula is C17H34N2O4. The Morgan fingerprint density at radius 1 is 1.09 bits per heavy atom. The Balaban J connectivity index is 4.43. The normalized spacial score (nSPS) is 13.3. The van der Waals surface area contributed by atoms with Gasteiger partial charge in [-0.2, -0.15) is 0 Å². The fraction of sp³-hybridized carbons (Fsp3) is 0.882. The fourth-order valence-corrected chi connectivity index (χ4v) is 2.19. The number of aliphatic hydroxyl groups is 1. The maximum atomic E-state index is 12.5. The average molecular weight is 330 g/mol. The number of rotatable bonds is 9. The van der Waals surface area contributed by atoms with Crippen molar-refractivity contribution in [3.05, 3.63) is 0 Å². The molecule has 1 unspecified atom stereocenters. The lowest BCUT2D eigenvalue weighted by Gasteiger charge is -2.35. The Labute approximate surface area is 140 Å². The Bertz CT molecular complexity index is 375. The van der Waals surface area contributed by atoms with Crippen molar-refractivity contribution in [1.29, 1.82) is 0 Å². The summed E-state index contributed by atoms with van der Waals surface area (Å²) in [6, 6.07) is -0.379. The van der Waals surface area contributed by atoms with Crippen molar-refractivity contribution >= 4 is 12.0 Å². The van der Waals surface area contributed by atoms with E-state index in [2.05, 4.69) is 52.2 Å². The van der Waals surface area contributed by atoms with E-state index in [0.717, 1.165) is 12.8 Å². The van der Waals surface area contributed by atoms with Gasteiger partial charge in [-0.3, -0.25) is 4.79 Å². The van der Waals surface area contributed by atoms with Gasteiger partial charge in [0.2, 0.25) is 0 Å². The highest BCUT2D eigenvalue weighted by molar-refractivity contribution is 5.74. The molecule has 6 heteroatoms. The summed E-state index contributed by atoms with van der Waals surface area (Å²) in [5.41, 5.74) is -0.0884. The minimum absolute atomic E-state index is 0.0402. The molecule has 23 heavy (non-hydrogen) atoms. The second-order valence-corrected chi connectivity index (χ2v) is 7.73. The number of urea groups is 1. The zero-order valence-electron chi connectivity index (χ0n) is 15.5. The van der Waals surface area contributed by atoms with Crippen LogP contribution in [0.25, 0.3) is 0 Å². The minimum Gasteiger partial charge on any atom is -0.464 e. The minimum atomic E-state index is -0.379. The van der Waals surface area contributed by atoms with Gasteiger partial charge in [-0.1, -0.05) is 48.0 Å². The van der Waals surface area contributed by atoms with Crippen LogP contribution >= 0.6 is 0 Å². The second kappa shape index (κ2) is 9.75. The first kappa shape index (κ1) is 21.7. The second-order valence-electron chi connectivity index (χ2n) is 7.73. The molecule has 0 saturated heterocycles. The number of aliphatic hydroxyl groups excluding tert-OH is 1. The molecule has 0 aliphatic rings. The van der Waals surface area contributed by atoms with Crippen LogP contribution in [0, 0.1) is 16.7 Å². The first-order valence-electron chi connectivity index (χ1n) is 8.32. The number of nitrogens with one attached hydrogen (secondary N) is 2. The van der Waals surface area contributed by atoms with Crippen molar-refractivity contribution in [2.45, 2.75) is 54.4 Å². The molecular weight excluding hydrogens is 296 g/mol. The van der Waals surface area contributed by atoms with E-state index in [-0.39, 0.29) is 55.1 Å². The third-order valence-corrected chi connectivity index (χ3v) is 3.98. The van der Waals surface area contributed by atoms with Gasteiger partial charge in [0.25, 0.3) is 0 Å². The van der Waals surface area contributed by atoms with E-state index in [0.29, 0.717) is 0 Å². The molecule has 0 aliphatic carbocycles. The highest BCUT2D eigenvalue weighted by Gasteiger charge is 2.37. The molecule has 0 radical (unpaired) electrons. The summed E-state index contributed by atoms with van der Waals surface area (Å²) in [5, 5.41) is 13.6. The van der Waals surface area contributed by atoms with Gasteiger partial charge < -0.3 is 20.5 Å². The Hall–Kier alpha value is -1.30. The van der Waals surface area contributed by atoms with Crippen LogP contribution in [-0.4, -0.2) is 43.4 Å². The van der Waals surface area contributed by atoms with Crippen LogP contribution in [-0.2, 0) is 9.53 Å². The van der Waals surface area contributed by atoms with Crippen molar-refractivity contribution in [3.63, 3.8) is 0 Å². The van der Waals surface area contributed by atoms with E-state index in [1.807, 2.05) is 0 Å². The zero-order valence-corrected chi connectivity index (χ0v) is 15.5. The quantitative estimate of drug-likeness (QED) is 0.447.